The van der Waals surface area contributed by atoms with Crippen LogP contribution in [-0.2, 0) is 11.3 Å². The molecule has 0 bridgehead atoms. The van der Waals surface area contributed by atoms with Gasteiger partial charge in [0.15, 0.2) is 5.69 Å². The number of carbonyl (C=O) groups excluding carboxylic acids is 2. The summed E-state index contributed by atoms with van der Waals surface area (Å²) in [4.78, 5) is 24.6. The number of hydrazine groups is 1. The van der Waals surface area contributed by atoms with Gasteiger partial charge in [-0.2, -0.15) is 0 Å². The van der Waals surface area contributed by atoms with Crippen molar-refractivity contribution in [3.63, 3.8) is 0 Å². The van der Waals surface area contributed by atoms with E-state index in [2.05, 4.69) is 15.6 Å². The zero-order chi connectivity index (χ0) is 15.1. The van der Waals surface area contributed by atoms with Gasteiger partial charge in [-0.1, -0.05) is 12.1 Å². The lowest BCUT2D eigenvalue weighted by molar-refractivity contribution is -0.124. The van der Waals surface area contributed by atoms with E-state index in [1.54, 1.807) is 11.7 Å². The lowest BCUT2D eigenvalue weighted by Crippen LogP contribution is -2.35. The number of likely N-dealkylation sites (N-methyl/N-ethyl adjacent to an activating group) is 1. The first-order valence-corrected chi connectivity index (χ1v) is 6.29. The van der Waals surface area contributed by atoms with Crippen molar-refractivity contribution in [1.82, 2.24) is 30.6 Å². The normalized spacial score (nSPS) is 12.2. The quantitative estimate of drug-likeness (QED) is 0.308. The Balaban J connectivity index is 2.41. The van der Waals surface area contributed by atoms with Crippen LogP contribution in [0.15, 0.2) is 6.20 Å². The standard InChI is InChI=1S/C11H21N7O2/c1-8(10(19)13-2)6-17(3)4-5-18-7-9(15-16-18)11(20)14-12/h7-8H,4-6,12H2,1-3H3,(H,13,19)(H,14,20). The smallest absolute Gasteiger partial charge is 0.287 e. The lowest BCUT2D eigenvalue weighted by atomic mass is 10.1. The first-order valence-electron chi connectivity index (χ1n) is 6.29. The van der Waals surface area contributed by atoms with Gasteiger partial charge in [0, 0.05) is 26.1 Å². The van der Waals surface area contributed by atoms with E-state index in [9.17, 15) is 9.59 Å². The Morgan fingerprint density at radius 3 is 2.85 bits per heavy atom. The number of nitrogens with zero attached hydrogens (tertiary/aromatic N) is 4. The van der Waals surface area contributed by atoms with E-state index >= 15 is 0 Å². The molecule has 1 aromatic rings. The Morgan fingerprint density at radius 2 is 2.25 bits per heavy atom. The van der Waals surface area contributed by atoms with Crippen LogP contribution in [-0.4, -0.2) is 58.9 Å². The maximum absolute atomic E-state index is 11.4. The molecule has 0 aliphatic carbocycles. The molecule has 0 aromatic carbocycles. The largest absolute Gasteiger partial charge is 0.359 e. The number of carbonyl (C=O) groups is 2. The van der Waals surface area contributed by atoms with E-state index in [-0.39, 0.29) is 17.5 Å². The van der Waals surface area contributed by atoms with Crippen molar-refractivity contribution < 1.29 is 9.59 Å². The van der Waals surface area contributed by atoms with Crippen LogP contribution < -0.4 is 16.6 Å². The van der Waals surface area contributed by atoms with Crippen molar-refractivity contribution in [1.29, 1.82) is 0 Å². The molecule has 9 nitrogen and oxygen atoms in total. The highest BCUT2D eigenvalue weighted by molar-refractivity contribution is 5.91. The fraction of sp³-hybridized carbons (Fsp3) is 0.636. The van der Waals surface area contributed by atoms with Gasteiger partial charge < -0.3 is 10.2 Å². The Hall–Kier alpha value is -2.00. The summed E-state index contributed by atoms with van der Waals surface area (Å²) in [6.45, 7) is 3.77. The minimum atomic E-state index is -0.474. The minimum absolute atomic E-state index is 0.0134. The summed E-state index contributed by atoms with van der Waals surface area (Å²) in [6.07, 6.45) is 1.53. The number of nitrogens with one attached hydrogen (secondary N) is 2. The van der Waals surface area contributed by atoms with Crippen molar-refractivity contribution in [3.05, 3.63) is 11.9 Å². The van der Waals surface area contributed by atoms with E-state index in [1.165, 1.54) is 6.20 Å². The van der Waals surface area contributed by atoms with Crippen molar-refractivity contribution in [2.45, 2.75) is 13.5 Å². The zero-order valence-electron chi connectivity index (χ0n) is 12.0. The summed E-state index contributed by atoms with van der Waals surface area (Å²) in [7, 11) is 3.54. The van der Waals surface area contributed by atoms with Crippen LogP contribution in [0.2, 0.25) is 0 Å². The van der Waals surface area contributed by atoms with Crippen molar-refractivity contribution in [2.24, 2.45) is 11.8 Å². The summed E-state index contributed by atoms with van der Waals surface area (Å²) >= 11 is 0. The van der Waals surface area contributed by atoms with Gasteiger partial charge in [0.25, 0.3) is 5.91 Å². The van der Waals surface area contributed by atoms with Gasteiger partial charge in [0.1, 0.15) is 0 Å². The van der Waals surface area contributed by atoms with Crippen LogP contribution in [0.1, 0.15) is 17.4 Å². The van der Waals surface area contributed by atoms with Crippen LogP contribution in [0.5, 0.6) is 0 Å². The summed E-state index contributed by atoms with van der Waals surface area (Å²) in [6, 6.07) is 0. The number of amides is 2. The van der Waals surface area contributed by atoms with E-state index < -0.39 is 5.91 Å². The van der Waals surface area contributed by atoms with E-state index in [4.69, 9.17) is 5.84 Å². The number of nitrogen functional groups attached to an aromatic ring is 1. The summed E-state index contributed by atoms with van der Waals surface area (Å²) in [5.74, 6) is 4.46. The van der Waals surface area contributed by atoms with Gasteiger partial charge in [0.05, 0.1) is 12.7 Å². The number of nitrogens with two attached hydrogens (primary N) is 1. The van der Waals surface area contributed by atoms with Gasteiger partial charge in [-0.05, 0) is 7.05 Å². The van der Waals surface area contributed by atoms with Gasteiger partial charge in [-0.3, -0.25) is 19.7 Å². The van der Waals surface area contributed by atoms with Crippen LogP contribution in [0, 0.1) is 5.92 Å². The molecule has 0 saturated carbocycles. The first-order chi connectivity index (χ1) is 9.47. The molecule has 112 valence electrons. The van der Waals surface area contributed by atoms with E-state index in [1.807, 2.05) is 24.3 Å². The van der Waals surface area contributed by atoms with Gasteiger partial charge in [0.2, 0.25) is 5.91 Å². The predicted molar refractivity (Wildman–Crippen MR) is 72.4 cm³/mol. The number of hydrogen-bond acceptors (Lipinski definition) is 6. The number of hydrogen-bond donors (Lipinski definition) is 3. The minimum Gasteiger partial charge on any atom is -0.359 e. The third kappa shape index (κ3) is 4.59. The average Bonchev–Trinajstić information content (AvgIpc) is 2.92. The molecule has 0 radical (unpaired) electrons. The molecular formula is C11H21N7O2. The van der Waals surface area contributed by atoms with Crippen molar-refractivity contribution in [2.75, 3.05) is 27.2 Å². The second-order valence-electron chi connectivity index (χ2n) is 4.62. The van der Waals surface area contributed by atoms with E-state index in [0.717, 1.165) is 0 Å². The van der Waals surface area contributed by atoms with Gasteiger partial charge >= 0.3 is 0 Å². The van der Waals surface area contributed by atoms with Crippen LogP contribution >= 0.6 is 0 Å². The SMILES string of the molecule is CNC(=O)C(C)CN(C)CCn1cc(C(=O)NN)nn1. The highest BCUT2D eigenvalue weighted by Gasteiger charge is 2.14. The highest BCUT2D eigenvalue weighted by atomic mass is 16.2. The average molecular weight is 283 g/mol. The van der Waals surface area contributed by atoms with Gasteiger partial charge in [-0.15, -0.1) is 5.10 Å². The maximum atomic E-state index is 11.4. The molecule has 0 aliphatic rings. The molecule has 1 aromatic heterocycles. The molecule has 0 fully saturated rings. The molecule has 4 N–H and O–H groups in total. The number of aromatic nitrogens is 3. The topological polar surface area (TPSA) is 118 Å². The Bertz CT molecular complexity index is 459. The molecule has 1 unspecified atom stereocenters. The number of rotatable bonds is 7. The molecule has 20 heavy (non-hydrogen) atoms. The summed E-state index contributed by atoms with van der Waals surface area (Å²) in [5.41, 5.74) is 2.17. The third-order valence-corrected chi connectivity index (χ3v) is 2.89. The fourth-order valence-corrected chi connectivity index (χ4v) is 1.75. The highest BCUT2D eigenvalue weighted by Crippen LogP contribution is 1.99. The Labute approximate surface area is 117 Å². The van der Waals surface area contributed by atoms with Crippen LogP contribution in [0.4, 0.5) is 0 Å². The Morgan fingerprint density at radius 1 is 1.55 bits per heavy atom. The summed E-state index contributed by atoms with van der Waals surface area (Å²) in [5, 5.41) is 10.2. The maximum Gasteiger partial charge on any atom is 0.287 e. The molecular weight excluding hydrogens is 262 g/mol. The first kappa shape index (κ1) is 16.1. The molecule has 0 spiro atoms. The monoisotopic (exact) mass is 283 g/mol. The molecule has 9 heteroatoms. The molecule has 1 atom stereocenters. The van der Waals surface area contributed by atoms with Crippen molar-refractivity contribution >= 4 is 11.8 Å². The molecule has 2 amide bonds. The summed E-state index contributed by atoms with van der Waals surface area (Å²) < 4.78 is 1.56. The fourth-order valence-electron chi connectivity index (χ4n) is 1.75. The third-order valence-electron chi connectivity index (χ3n) is 2.89. The van der Waals surface area contributed by atoms with Gasteiger partial charge in [-0.25, -0.2) is 5.84 Å². The molecule has 0 aliphatic heterocycles. The van der Waals surface area contributed by atoms with E-state index in [0.29, 0.717) is 19.6 Å². The lowest BCUT2D eigenvalue weighted by Gasteiger charge is -2.20. The zero-order valence-corrected chi connectivity index (χ0v) is 12.0. The molecule has 0 saturated heterocycles. The molecule has 1 rings (SSSR count). The molecule has 1 heterocycles. The van der Waals surface area contributed by atoms with Crippen molar-refractivity contribution in [3.8, 4) is 0 Å². The predicted octanol–water partition coefficient (Wildman–Crippen LogP) is -1.80. The Kier molecular flexibility index (Phi) is 6.07. The van der Waals surface area contributed by atoms with Crippen LogP contribution in [0.25, 0.3) is 0 Å². The second-order valence-corrected chi connectivity index (χ2v) is 4.62. The van der Waals surface area contributed by atoms with Crippen LogP contribution in [0.3, 0.4) is 0 Å². The second kappa shape index (κ2) is 7.56.